The second-order valence-corrected chi connectivity index (χ2v) is 9.42. The molecule has 0 fully saturated rings. The number of nitrogens with one attached hydrogen (secondary N) is 3. The van der Waals surface area contributed by atoms with E-state index in [1.165, 1.54) is 16.3 Å². The minimum atomic E-state index is -0.494. The van der Waals surface area contributed by atoms with Gasteiger partial charge in [0.2, 0.25) is 11.8 Å². The average molecular weight is 488 g/mol. The lowest BCUT2D eigenvalue weighted by molar-refractivity contribution is -0.122. The Morgan fingerprint density at radius 3 is 2.69 bits per heavy atom. The molecule has 3 N–H and O–H groups in total. The SMILES string of the molecule is CNC(C)C(=O)Nc1cnc(-c2ccc(C)cc2C)n(CC(=O)N[C@@H]2CCCc3ccccc32)c1=O. The van der Waals surface area contributed by atoms with E-state index in [4.69, 9.17) is 0 Å². The zero-order valence-corrected chi connectivity index (χ0v) is 21.2. The number of aryl methyl sites for hydroxylation is 3. The van der Waals surface area contributed by atoms with Crippen molar-refractivity contribution in [2.45, 2.75) is 58.7 Å². The molecule has 1 heterocycles. The zero-order chi connectivity index (χ0) is 25.8. The zero-order valence-electron chi connectivity index (χ0n) is 21.2. The summed E-state index contributed by atoms with van der Waals surface area (Å²) in [5.41, 5.74) is 4.71. The molecule has 36 heavy (non-hydrogen) atoms. The fraction of sp³-hybridized carbons (Fsp3) is 0.357. The van der Waals surface area contributed by atoms with Crippen molar-refractivity contribution < 1.29 is 9.59 Å². The monoisotopic (exact) mass is 487 g/mol. The molecule has 2 amide bonds. The molecule has 1 aromatic heterocycles. The van der Waals surface area contributed by atoms with Crippen LogP contribution in [0.1, 0.15) is 48.1 Å². The number of likely N-dealkylation sites (N-methyl/N-ethyl adjacent to an activating group) is 1. The van der Waals surface area contributed by atoms with Crippen molar-refractivity contribution in [2.75, 3.05) is 12.4 Å². The van der Waals surface area contributed by atoms with Gasteiger partial charge in [-0.25, -0.2) is 4.98 Å². The van der Waals surface area contributed by atoms with Gasteiger partial charge in [0, 0.05) is 5.56 Å². The van der Waals surface area contributed by atoms with Gasteiger partial charge in [-0.05, 0) is 63.8 Å². The first-order chi connectivity index (χ1) is 17.3. The Kier molecular flexibility index (Phi) is 7.64. The molecule has 1 aliphatic carbocycles. The first-order valence-corrected chi connectivity index (χ1v) is 12.3. The number of amides is 2. The van der Waals surface area contributed by atoms with Crippen molar-refractivity contribution in [2.24, 2.45) is 0 Å². The van der Waals surface area contributed by atoms with Crippen molar-refractivity contribution >= 4 is 17.5 Å². The molecule has 4 rings (SSSR count). The molecular weight excluding hydrogens is 454 g/mol. The number of nitrogens with zero attached hydrogens (tertiary/aromatic N) is 2. The van der Waals surface area contributed by atoms with Crippen LogP contribution in [0.3, 0.4) is 0 Å². The molecule has 1 aliphatic rings. The molecule has 8 heteroatoms. The van der Waals surface area contributed by atoms with Crippen molar-refractivity contribution in [1.82, 2.24) is 20.2 Å². The standard InChI is InChI=1S/C28H33N5O3/c1-17-12-13-21(18(2)14-17)26-30-15-24(32-27(35)19(3)29-4)28(36)33(26)16-25(34)31-23-11-7-9-20-8-5-6-10-22(20)23/h5-6,8,10,12-15,19,23,29H,7,9,11,16H2,1-4H3,(H,31,34)(H,32,35)/t19?,23-/m1/s1. The van der Waals surface area contributed by atoms with Gasteiger partial charge in [-0.2, -0.15) is 0 Å². The maximum absolute atomic E-state index is 13.5. The largest absolute Gasteiger partial charge is 0.348 e. The van der Waals surface area contributed by atoms with E-state index in [1.807, 2.05) is 50.2 Å². The van der Waals surface area contributed by atoms with Crippen LogP contribution < -0.4 is 21.5 Å². The summed E-state index contributed by atoms with van der Waals surface area (Å²) in [6.07, 6.45) is 4.19. The lowest BCUT2D eigenvalue weighted by atomic mass is 9.88. The molecule has 0 saturated heterocycles. The summed E-state index contributed by atoms with van der Waals surface area (Å²) in [4.78, 5) is 43.7. The summed E-state index contributed by atoms with van der Waals surface area (Å²) in [5.74, 6) is -0.250. The molecule has 0 saturated carbocycles. The van der Waals surface area contributed by atoms with E-state index >= 15 is 0 Å². The average Bonchev–Trinajstić information content (AvgIpc) is 2.86. The highest BCUT2D eigenvalue weighted by Gasteiger charge is 2.23. The highest BCUT2D eigenvalue weighted by Crippen LogP contribution is 2.29. The maximum atomic E-state index is 13.5. The molecule has 2 aromatic carbocycles. The van der Waals surface area contributed by atoms with Crippen molar-refractivity contribution in [3.8, 4) is 11.4 Å². The Bertz CT molecular complexity index is 1350. The fourth-order valence-corrected chi connectivity index (χ4v) is 4.66. The third kappa shape index (κ3) is 5.39. The van der Waals surface area contributed by atoms with Crippen LogP contribution in [0.5, 0.6) is 0 Å². The van der Waals surface area contributed by atoms with Crippen LogP contribution in [0.4, 0.5) is 5.69 Å². The number of hydrogen-bond donors (Lipinski definition) is 3. The Hall–Kier alpha value is -3.78. The summed E-state index contributed by atoms with van der Waals surface area (Å²) in [6.45, 7) is 5.43. The Labute approximate surface area is 211 Å². The van der Waals surface area contributed by atoms with Gasteiger partial charge in [0.15, 0.2) is 0 Å². The van der Waals surface area contributed by atoms with Gasteiger partial charge in [0.1, 0.15) is 18.1 Å². The molecule has 0 spiro atoms. The quantitative estimate of drug-likeness (QED) is 0.474. The first kappa shape index (κ1) is 25.3. The molecule has 0 bridgehead atoms. The Morgan fingerprint density at radius 2 is 1.94 bits per heavy atom. The maximum Gasteiger partial charge on any atom is 0.278 e. The van der Waals surface area contributed by atoms with E-state index in [2.05, 4.69) is 27.0 Å². The van der Waals surface area contributed by atoms with E-state index in [0.29, 0.717) is 5.82 Å². The lowest BCUT2D eigenvalue weighted by Gasteiger charge is -2.26. The van der Waals surface area contributed by atoms with Gasteiger partial charge in [0.05, 0.1) is 18.3 Å². The highest BCUT2D eigenvalue weighted by atomic mass is 16.2. The second-order valence-electron chi connectivity index (χ2n) is 9.42. The molecular formula is C28H33N5O3. The van der Waals surface area contributed by atoms with Gasteiger partial charge < -0.3 is 16.0 Å². The normalized spacial score (nSPS) is 15.6. The number of benzene rings is 2. The smallest absolute Gasteiger partial charge is 0.278 e. The molecule has 0 radical (unpaired) electrons. The number of hydrogen-bond acceptors (Lipinski definition) is 5. The molecule has 188 valence electrons. The van der Waals surface area contributed by atoms with Crippen molar-refractivity contribution in [3.63, 3.8) is 0 Å². The van der Waals surface area contributed by atoms with E-state index in [-0.39, 0.29) is 30.1 Å². The first-order valence-electron chi connectivity index (χ1n) is 12.3. The third-order valence-corrected chi connectivity index (χ3v) is 6.76. The molecule has 1 unspecified atom stereocenters. The minimum absolute atomic E-state index is 0.0337. The van der Waals surface area contributed by atoms with Gasteiger partial charge in [-0.3, -0.25) is 19.0 Å². The summed E-state index contributed by atoms with van der Waals surface area (Å²) in [5, 5.41) is 8.61. The lowest BCUT2D eigenvalue weighted by Crippen LogP contribution is -2.40. The Balaban J connectivity index is 1.68. The number of carbonyl (C=O) groups is 2. The third-order valence-electron chi connectivity index (χ3n) is 6.76. The van der Waals surface area contributed by atoms with Gasteiger partial charge in [-0.15, -0.1) is 0 Å². The van der Waals surface area contributed by atoms with Crippen LogP contribution >= 0.6 is 0 Å². The van der Waals surface area contributed by atoms with Crippen LogP contribution in [0.2, 0.25) is 0 Å². The molecule has 2 atom stereocenters. The van der Waals surface area contributed by atoms with Gasteiger partial charge >= 0.3 is 0 Å². The number of anilines is 1. The van der Waals surface area contributed by atoms with Crippen LogP contribution in [0, 0.1) is 13.8 Å². The number of rotatable bonds is 7. The predicted molar refractivity (Wildman–Crippen MR) is 141 cm³/mol. The summed E-state index contributed by atoms with van der Waals surface area (Å²) in [6, 6.07) is 13.4. The van der Waals surface area contributed by atoms with Crippen LogP contribution in [0.25, 0.3) is 11.4 Å². The van der Waals surface area contributed by atoms with Crippen molar-refractivity contribution in [1.29, 1.82) is 0 Å². The number of aromatic nitrogens is 2. The topological polar surface area (TPSA) is 105 Å². The molecule has 3 aromatic rings. The van der Waals surface area contributed by atoms with Gasteiger partial charge in [-0.1, -0.05) is 48.0 Å². The van der Waals surface area contributed by atoms with E-state index in [0.717, 1.165) is 41.5 Å². The van der Waals surface area contributed by atoms with Crippen LogP contribution in [-0.4, -0.2) is 34.5 Å². The summed E-state index contributed by atoms with van der Waals surface area (Å²) >= 11 is 0. The Morgan fingerprint density at radius 1 is 1.17 bits per heavy atom. The van der Waals surface area contributed by atoms with Crippen molar-refractivity contribution in [3.05, 3.63) is 81.3 Å². The minimum Gasteiger partial charge on any atom is -0.348 e. The van der Waals surface area contributed by atoms with Crippen LogP contribution in [0.15, 0.2) is 53.5 Å². The summed E-state index contributed by atoms with van der Waals surface area (Å²) in [7, 11) is 1.66. The van der Waals surface area contributed by atoms with E-state index in [9.17, 15) is 14.4 Å². The number of fused-ring (bicyclic) bond motifs is 1. The van der Waals surface area contributed by atoms with Crippen LogP contribution in [-0.2, 0) is 22.6 Å². The summed E-state index contributed by atoms with van der Waals surface area (Å²) < 4.78 is 1.35. The molecule has 0 aliphatic heterocycles. The number of carbonyl (C=O) groups excluding carboxylic acids is 2. The predicted octanol–water partition coefficient (Wildman–Crippen LogP) is 3.27. The second kappa shape index (κ2) is 10.9. The van der Waals surface area contributed by atoms with Gasteiger partial charge in [0.25, 0.3) is 5.56 Å². The molecule has 8 nitrogen and oxygen atoms in total. The fourth-order valence-electron chi connectivity index (χ4n) is 4.66. The highest BCUT2D eigenvalue weighted by molar-refractivity contribution is 5.94. The van der Waals surface area contributed by atoms with E-state index < -0.39 is 11.6 Å². The van der Waals surface area contributed by atoms with E-state index in [1.54, 1.807) is 14.0 Å².